The van der Waals surface area contributed by atoms with Crippen molar-refractivity contribution in [3.8, 4) is 0 Å². The summed E-state index contributed by atoms with van der Waals surface area (Å²) in [4.78, 5) is 19.9. The Labute approximate surface area is 158 Å². The minimum absolute atomic E-state index is 0.329. The van der Waals surface area contributed by atoms with Gasteiger partial charge in [0.25, 0.3) is 0 Å². The first kappa shape index (κ1) is 19.3. The molecule has 2 saturated heterocycles. The third-order valence-corrected chi connectivity index (χ3v) is 5.61. The molecule has 0 radical (unpaired) electrons. The van der Waals surface area contributed by atoms with Crippen LogP contribution in [0.5, 0.6) is 0 Å². The molecule has 1 aromatic rings. The van der Waals surface area contributed by atoms with Crippen molar-refractivity contribution in [1.82, 2.24) is 20.0 Å². The average molecular weight is 359 g/mol. The zero-order valence-electron chi connectivity index (χ0n) is 16.2. The van der Waals surface area contributed by atoms with Crippen LogP contribution in [0.3, 0.4) is 0 Å². The Kier molecular flexibility index (Phi) is 7.47. The van der Waals surface area contributed by atoms with Crippen molar-refractivity contribution < 1.29 is 4.79 Å². The SMILES string of the molecule is CCCN(C(=O)CN1CCN(Cc2ccccc2)CC1)C1CCNCC1. The molecular formula is C21H34N4O. The Morgan fingerprint density at radius 2 is 1.73 bits per heavy atom. The lowest BCUT2D eigenvalue weighted by atomic mass is 10.0. The van der Waals surface area contributed by atoms with E-state index < -0.39 is 0 Å². The fourth-order valence-corrected chi connectivity index (χ4v) is 4.10. The van der Waals surface area contributed by atoms with E-state index in [2.05, 4.69) is 57.3 Å². The number of rotatable bonds is 7. The van der Waals surface area contributed by atoms with E-state index >= 15 is 0 Å². The van der Waals surface area contributed by atoms with Crippen molar-refractivity contribution in [2.75, 3.05) is 52.4 Å². The largest absolute Gasteiger partial charge is 0.339 e. The summed E-state index contributed by atoms with van der Waals surface area (Å²) >= 11 is 0. The molecule has 5 heteroatoms. The molecule has 144 valence electrons. The van der Waals surface area contributed by atoms with Gasteiger partial charge in [-0.15, -0.1) is 0 Å². The van der Waals surface area contributed by atoms with Crippen molar-refractivity contribution in [2.24, 2.45) is 0 Å². The second kappa shape index (κ2) is 10.0. The predicted octanol–water partition coefficient (Wildman–Crippen LogP) is 1.79. The molecule has 1 amide bonds. The highest BCUT2D eigenvalue weighted by molar-refractivity contribution is 5.78. The quantitative estimate of drug-likeness (QED) is 0.807. The van der Waals surface area contributed by atoms with E-state index in [0.29, 0.717) is 18.5 Å². The topological polar surface area (TPSA) is 38.8 Å². The zero-order chi connectivity index (χ0) is 18.2. The number of piperidine rings is 1. The van der Waals surface area contributed by atoms with Crippen LogP contribution in [-0.4, -0.2) is 79.0 Å². The van der Waals surface area contributed by atoms with Crippen molar-refractivity contribution >= 4 is 5.91 Å². The third kappa shape index (κ3) is 5.53. The third-order valence-electron chi connectivity index (χ3n) is 5.61. The minimum atomic E-state index is 0.329. The van der Waals surface area contributed by atoms with Gasteiger partial charge >= 0.3 is 0 Å². The van der Waals surface area contributed by atoms with E-state index in [0.717, 1.165) is 71.6 Å². The van der Waals surface area contributed by atoms with Crippen LogP contribution in [0.4, 0.5) is 0 Å². The van der Waals surface area contributed by atoms with Crippen LogP contribution in [0.25, 0.3) is 0 Å². The molecule has 0 bridgehead atoms. The van der Waals surface area contributed by atoms with Gasteiger partial charge in [0.15, 0.2) is 0 Å². The summed E-state index contributed by atoms with van der Waals surface area (Å²) in [5.74, 6) is 0.329. The number of benzene rings is 1. The number of nitrogens with one attached hydrogen (secondary N) is 1. The summed E-state index contributed by atoms with van der Waals surface area (Å²) in [5.41, 5.74) is 1.37. The highest BCUT2D eigenvalue weighted by Crippen LogP contribution is 2.14. The van der Waals surface area contributed by atoms with Gasteiger partial charge in [-0.3, -0.25) is 14.6 Å². The number of hydrogen-bond donors (Lipinski definition) is 1. The summed E-state index contributed by atoms with van der Waals surface area (Å²) in [5, 5.41) is 3.40. The zero-order valence-corrected chi connectivity index (χ0v) is 16.2. The van der Waals surface area contributed by atoms with Gasteiger partial charge in [-0.25, -0.2) is 0 Å². The Morgan fingerprint density at radius 3 is 2.38 bits per heavy atom. The Hall–Kier alpha value is -1.43. The highest BCUT2D eigenvalue weighted by atomic mass is 16.2. The van der Waals surface area contributed by atoms with E-state index in [4.69, 9.17) is 0 Å². The van der Waals surface area contributed by atoms with E-state index in [1.54, 1.807) is 0 Å². The molecule has 1 aromatic carbocycles. The Balaban J connectivity index is 1.45. The maximum atomic E-state index is 12.9. The molecule has 2 aliphatic heterocycles. The maximum absolute atomic E-state index is 12.9. The van der Waals surface area contributed by atoms with Gasteiger partial charge in [0.1, 0.15) is 0 Å². The van der Waals surface area contributed by atoms with Gasteiger partial charge in [-0.1, -0.05) is 37.3 Å². The van der Waals surface area contributed by atoms with E-state index in [9.17, 15) is 4.79 Å². The normalized spacial score (nSPS) is 20.2. The molecule has 2 fully saturated rings. The van der Waals surface area contributed by atoms with Crippen molar-refractivity contribution in [3.05, 3.63) is 35.9 Å². The highest BCUT2D eigenvalue weighted by Gasteiger charge is 2.27. The van der Waals surface area contributed by atoms with Crippen molar-refractivity contribution in [3.63, 3.8) is 0 Å². The average Bonchev–Trinajstić information content (AvgIpc) is 2.69. The molecule has 26 heavy (non-hydrogen) atoms. The lowest BCUT2D eigenvalue weighted by Gasteiger charge is -2.38. The van der Waals surface area contributed by atoms with Gasteiger partial charge in [-0.05, 0) is 37.9 Å². The summed E-state index contributed by atoms with van der Waals surface area (Å²) in [6.45, 7) is 10.8. The van der Waals surface area contributed by atoms with Crippen LogP contribution >= 0.6 is 0 Å². The molecule has 0 spiro atoms. The number of hydrogen-bond acceptors (Lipinski definition) is 4. The van der Waals surface area contributed by atoms with Gasteiger partial charge in [0.05, 0.1) is 6.54 Å². The molecular weight excluding hydrogens is 324 g/mol. The van der Waals surface area contributed by atoms with Gasteiger partial charge in [0.2, 0.25) is 5.91 Å². The number of carbonyl (C=O) groups is 1. The monoisotopic (exact) mass is 358 g/mol. The van der Waals surface area contributed by atoms with Crippen LogP contribution in [-0.2, 0) is 11.3 Å². The lowest BCUT2D eigenvalue weighted by Crippen LogP contribution is -2.53. The molecule has 0 atom stereocenters. The molecule has 3 rings (SSSR count). The molecule has 5 nitrogen and oxygen atoms in total. The number of carbonyl (C=O) groups excluding carboxylic acids is 1. The summed E-state index contributed by atoms with van der Waals surface area (Å²) in [6, 6.07) is 11.1. The summed E-state index contributed by atoms with van der Waals surface area (Å²) < 4.78 is 0. The molecule has 2 heterocycles. The standard InChI is InChI=1S/C21H34N4O/c1-2-12-25(20-8-10-22-11-9-20)21(26)18-24-15-13-23(14-16-24)17-19-6-4-3-5-7-19/h3-7,20,22H,2,8-18H2,1H3. The van der Waals surface area contributed by atoms with Gasteiger partial charge in [0, 0.05) is 45.3 Å². The fraction of sp³-hybridized carbons (Fsp3) is 0.667. The molecule has 2 aliphatic rings. The molecule has 0 unspecified atom stereocenters. The fourth-order valence-electron chi connectivity index (χ4n) is 4.10. The minimum Gasteiger partial charge on any atom is -0.339 e. The molecule has 1 N–H and O–H groups in total. The second-order valence-electron chi connectivity index (χ2n) is 7.61. The van der Waals surface area contributed by atoms with Crippen LogP contribution < -0.4 is 5.32 Å². The van der Waals surface area contributed by atoms with E-state index in [1.165, 1.54) is 5.56 Å². The van der Waals surface area contributed by atoms with Crippen LogP contribution in [0.1, 0.15) is 31.7 Å². The van der Waals surface area contributed by atoms with Crippen LogP contribution in [0.15, 0.2) is 30.3 Å². The van der Waals surface area contributed by atoms with Crippen LogP contribution in [0, 0.1) is 0 Å². The summed E-state index contributed by atoms with van der Waals surface area (Å²) in [7, 11) is 0. The first-order valence-corrected chi connectivity index (χ1v) is 10.2. The number of piperazine rings is 1. The lowest BCUT2D eigenvalue weighted by molar-refractivity contribution is -0.135. The summed E-state index contributed by atoms with van der Waals surface area (Å²) in [6.07, 6.45) is 3.23. The smallest absolute Gasteiger partial charge is 0.236 e. The van der Waals surface area contributed by atoms with Crippen molar-refractivity contribution in [1.29, 1.82) is 0 Å². The molecule has 0 aromatic heterocycles. The van der Waals surface area contributed by atoms with E-state index in [1.807, 2.05) is 0 Å². The van der Waals surface area contributed by atoms with Crippen LogP contribution in [0.2, 0.25) is 0 Å². The number of nitrogens with zero attached hydrogens (tertiary/aromatic N) is 3. The number of amides is 1. The van der Waals surface area contributed by atoms with E-state index in [-0.39, 0.29) is 0 Å². The van der Waals surface area contributed by atoms with Crippen molar-refractivity contribution in [2.45, 2.75) is 38.8 Å². The first-order chi connectivity index (χ1) is 12.8. The van der Waals surface area contributed by atoms with Gasteiger partial charge < -0.3 is 10.2 Å². The van der Waals surface area contributed by atoms with Gasteiger partial charge in [-0.2, -0.15) is 0 Å². The first-order valence-electron chi connectivity index (χ1n) is 10.2. The molecule has 0 saturated carbocycles. The Morgan fingerprint density at radius 1 is 1.08 bits per heavy atom. The Bertz CT molecular complexity index is 536. The molecule has 0 aliphatic carbocycles. The maximum Gasteiger partial charge on any atom is 0.236 e. The second-order valence-corrected chi connectivity index (χ2v) is 7.61. The predicted molar refractivity (Wildman–Crippen MR) is 106 cm³/mol.